The fraction of sp³-hybridized carbons (Fsp3) is 0.389. The Labute approximate surface area is 152 Å². The SMILES string of the molecule is O=C(NCc1ccsc1)N1CCCN(Cc2ccc(Cl)cc2)CC1. The molecular weight excluding hydrogens is 342 g/mol. The molecule has 3 rings (SSSR count). The smallest absolute Gasteiger partial charge is 0.317 e. The van der Waals surface area contributed by atoms with Crippen LogP contribution in [0.3, 0.4) is 0 Å². The van der Waals surface area contributed by atoms with E-state index >= 15 is 0 Å². The van der Waals surface area contributed by atoms with Gasteiger partial charge in [-0.3, -0.25) is 4.90 Å². The Morgan fingerprint density at radius 3 is 2.67 bits per heavy atom. The second-order valence-corrected chi connectivity index (χ2v) is 7.25. The summed E-state index contributed by atoms with van der Waals surface area (Å²) in [6, 6.07) is 10.1. The number of thiophene rings is 1. The van der Waals surface area contributed by atoms with Crippen molar-refractivity contribution in [3.63, 3.8) is 0 Å². The molecule has 2 aromatic rings. The predicted octanol–water partition coefficient (Wildman–Crippen LogP) is 3.82. The largest absolute Gasteiger partial charge is 0.334 e. The van der Waals surface area contributed by atoms with Crippen LogP contribution < -0.4 is 5.32 Å². The van der Waals surface area contributed by atoms with Gasteiger partial charge >= 0.3 is 6.03 Å². The van der Waals surface area contributed by atoms with E-state index in [9.17, 15) is 4.79 Å². The normalized spacial score (nSPS) is 16.0. The lowest BCUT2D eigenvalue weighted by atomic mass is 10.2. The minimum atomic E-state index is 0.0366. The molecule has 24 heavy (non-hydrogen) atoms. The molecule has 0 bridgehead atoms. The van der Waals surface area contributed by atoms with Crippen molar-refractivity contribution in [3.8, 4) is 0 Å². The zero-order valence-electron chi connectivity index (χ0n) is 13.6. The van der Waals surface area contributed by atoms with Crippen molar-refractivity contribution in [2.45, 2.75) is 19.5 Å². The van der Waals surface area contributed by atoms with Gasteiger partial charge in [-0.15, -0.1) is 0 Å². The number of carbonyl (C=O) groups excluding carboxylic acids is 1. The van der Waals surface area contributed by atoms with Gasteiger partial charge in [0.25, 0.3) is 0 Å². The molecule has 0 radical (unpaired) electrons. The first kappa shape index (κ1) is 17.3. The van der Waals surface area contributed by atoms with Gasteiger partial charge in [0, 0.05) is 44.3 Å². The quantitative estimate of drug-likeness (QED) is 0.896. The lowest BCUT2D eigenvalue weighted by Crippen LogP contribution is -2.41. The molecule has 0 aliphatic carbocycles. The van der Waals surface area contributed by atoms with Gasteiger partial charge in [-0.1, -0.05) is 23.7 Å². The summed E-state index contributed by atoms with van der Waals surface area (Å²) >= 11 is 7.59. The van der Waals surface area contributed by atoms with E-state index in [4.69, 9.17) is 11.6 Å². The summed E-state index contributed by atoms with van der Waals surface area (Å²) < 4.78 is 0. The molecule has 1 aliphatic heterocycles. The number of benzene rings is 1. The van der Waals surface area contributed by atoms with Crippen molar-refractivity contribution in [2.24, 2.45) is 0 Å². The summed E-state index contributed by atoms with van der Waals surface area (Å²) in [5, 5.41) is 7.88. The maximum Gasteiger partial charge on any atom is 0.317 e. The molecule has 0 saturated carbocycles. The zero-order chi connectivity index (χ0) is 16.8. The molecule has 1 saturated heterocycles. The van der Waals surface area contributed by atoms with E-state index in [1.54, 1.807) is 11.3 Å². The van der Waals surface area contributed by atoms with Crippen molar-refractivity contribution >= 4 is 29.0 Å². The fourth-order valence-electron chi connectivity index (χ4n) is 2.86. The van der Waals surface area contributed by atoms with E-state index in [1.807, 2.05) is 28.5 Å². The third kappa shape index (κ3) is 4.97. The Balaban J connectivity index is 1.47. The molecule has 6 heteroatoms. The Morgan fingerprint density at radius 1 is 1.08 bits per heavy atom. The standard InChI is InChI=1S/C18H22ClN3OS/c19-17-4-2-15(3-5-17)13-21-7-1-8-22(10-9-21)18(23)20-12-16-6-11-24-14-16/h2-6,11,14H,1,7-10,12-13H2,(H,20,23). The number of nitrogens with zero attached hydrogens (tertiary/aromatic N) is 2. The van der Waals surface area contributed by atoms with Crippen molar-refractivity contribution in [3.05, 3.63) is 57.2 Å². The van der Waals surface area contributed by atoms with Crippen LogP contribution in [-0.2, 0) is 13.1 Å². The number of carbonyl (C=O) groups is 1. The van der Waals surface area contributed by atoms with Gasteiger partial charge in [-0.05, 0) is 46.5 Å². The molecule has 1 aromatic heterocycles. The lowest BCUT2D eigenvalue weighted by Gasteiger charge is -2.22. The summed E-state index contributed by atoms with van der Waals surface area (Å²) in [6.45, 7) is 5.00. The van der Waals surface area contributed by atoms with Crippen LogP contribution in [0, 0.1) is 0 Å². The van der Waals surface area contributed by atoms with Crippen molar-refractivity contribution in [1.29, 1.82) is 0 Å². The number of nitrogens with one attached hydrogen (secondary N) is 1. The van der Waals surface area contributed by atoms with E-state index in [0.29, 0.717) is 6.54 Å². The molecule has 0 spiro atoms. The Morgan fingerprint density at radius 2 is 1.92 bits per heavy atom. The monoisotopic (exact) mass is 363 g/mol. The average molecular weight is 364 g/mol. The van der Waals surface area contributed by atoms with Crippen LogP contribution in [0.2, 0.25) is 5.02 Å². The Bertz CT molecular complexity index is 645. The molecule has 128 valence electrons. The van der Waals surface area contributed by atoms with E-state index in [-0.39, 0.29) is 6.03 Å². The van der Waals surface area contributed by atoms with Crippen LogP contribution in [0.25, 0.3) is 0 Å². The van der Waals surface area contributed by atoms with Crippen molar-refractivity contribution in [1.82, 2.24) is 15.1 Å². The van der Waals surface area contributed by atoms with E-state index in [1.165, 1.54) is 5.56 Å². The minimum absolute atomic E-state index is 0.0366. The van der Waals surface area contributed by atoms with Gasteiger partial charge in [0.05, 0.1) is 0 Å². The molecule has 1 N–H and O–H groups in total. The molecule has 4 nitrogen and oxygen atoms in total. The van der Waals surface area contributed by atoms with Crippen LogP contribution in [0.4, 0.5) is 4.79 Å². The van der Waals surface area contributed by atoms with Gasteiger partial charge in [-0.25, -0.2) is 4.79 Å². The number of rotatable bonds is 4. The van der Waals surface area contributed by atoms with Crippen molar-refractivity contribution in [2.75, 3.05) is 26.2 Å². The van der Waals surface area contributed by atoms with E-state index < -0.39 is 0 Å². The molecule has 2 heterocycles. The second-order valence-electron chi connectivity index (χ2n) is 6.03. The molecular formula is C18H22ClN3OS. The van der Waals surface area contributed by atoms with Crippen LogP contribution in [0.15, 0.2) is 41.1 Å². The topological polar surface area (TPSA) is 35.6 Å². The van der Waals surface area contributed by atoms with Crippen LogP contribution in [0.5, 0.6) is 0 Å². The summed E-state index contributed by atoms with van der Waals surface area (Å²) in [5.74, 6) is 0. The first-order valence-electron chi connectivity index (χ1n) is 8.21. The average Bonchev–Trinajstić information content (AvgIpc) is 3.00. The lowest BCUT2D eigenvalue weighted by molar-refractivity contribution is 0.197. The van der Waals surface area contributed by atoms with E-state index in [0.717, 1.165) is 49.7 Å². The minimum Gasteiger partial charge on any atom is -0.334 e. The summed E-state index contributed by atoms with van der Waals surface area (Å²) in [7, 11) is 0. The number of halogens is 1. The van der Waals surface area contributed by atoms with Gasteiger partial charge < -0.3 is 10.2 Å². The van der Waals surface area contributed by atoms with Gasteiger partial charge in [0.2, 0.25) is 0 Å². The number of hydrogen-bond acceptors (Lipinski definition) is 3. The summed E-state index contributed by atoms with van der Waals surface area (Å²) in [5.41, 5.74) is 2.42. The van der Waals surface area contributed by atoms with Gasteiger partial charge in [0.15, 0.2) is 0 Å². The highest BCUT2D eigenvalue weighted by molar-refractivity contribution is 7.07. The number of urea groups is 1. The molecule has 0 atom stereocenters. The zero-order valence-corrected chi connectivity index (χ0v) is 15.2. The molecule has 1 fully saturated rings. The second kappa shape index (κ2) is 8.51. The number of hydrogen-bond donors (Lipinski definition) is 1. The highest BCUT2D eigenvalue weighted by Gasteiger charge is 2.19. The molecule has 0 unspecified atom stereocenters. The molecule has 2 amide bonds. The maximum atomic E-state index is 12.3. The van der Waals surface area contributed by atoms with Crippen LogP contribution >= 0.6 is 22.9 Å². The van der Waals surface area contributed by atoms with Crippen molar-refractivity contribution < 1.29 is 4.79 Å². The summed E-state index contributed by atoms with van der Waals surface area (Å²) in [6.07, 6.45) is 0.999. The number of amides is 2. The van der Waals surface area contributed by atoms with Gasteiger partial charge in [0.1, 0.15) is 0 Å². The fourth-order valence-corrected chi connectivity index (χ4v) is 3.66. The first-order chi connectivity index (χ1) is 11.7. The van der Waals surface area contributed by atoms with Gasteiger partial charge in [-0.2, -0.15) is 11.3 Å². The maximum absolute atomic E-state index is 12.3. The summed E-state index contributed by atoms with van der Waals surface area (Å²) in [4.78, 5) is 16.7. The van der Waals surface area contributed by atoms with Crippen LogP contribution in [0.1, 0.15) is 17.5 Å². The van der Waals surface area contributed by atoms with E-state index in [2.05, 4.69) is 27.7 Å². The molecule has 1 aromatic carbocycles. The predicted molar refractivity (Wildman–Crippen MR) is 99.5 cm³/mol. The first-order valence-corrected chi connectivity index (χ1v) is 9.53. The highest BCUT2D eigenvalue weighted by Crippen LogP contribution is 2.13. The Kier molecular flexibility index (Phi) is 6.12. The van der Waals surface area contributed by atoms with Crippen LogP contribution in [-0.4, -0.2) is 42.0 Å². The highest BCUT2D eigenvalue weighted by atomic mass is 35.5. The third-order valence-electron chi connectivity index (χ3n) is 4.22. The Hall–Kier alpha value is -1.56. The third-order valence-corrected chi connectivity index (χ3v) is 5.20. The molecule has 1 aliphatic rings.